The monoisotopic (exact) mass is 411 g/mol. The van der Waals surface area contributed by atoms with Crippen LogP contribution in [0.2, 0.25) is 0 Å². The van der Waals surface area contributed by atoms with Gasteiger partial charge in [0.05, 0.1) is 13.2 Å². The summed E-state index contributed by atoms with van der Waals surface area (Å²) in [7, 11) is 0. The molecule has 0 saturated carbocycles. The molecule has 170 valence electrons. The molecule has 6 nitrogen and oxygen atoms in total. The van der Waals surface area contributed by atoms with Crippen molar-refractivity contribution >= 4 is 5.91 Å². The molecule has 2 aliphatic rings. The summed E-state index contributed by atoms with van der Waals surface area (Å²) < 4.78 is 11.2. The van der Waals surface area contributed by atoms with Gasteiger partial charge in [0.25, 0.3) is 0 Å². The van der Waals surface area contributed by atoms with Gasteiger partial charge in [0, 0.05) is 58.5 Å². The maximum atomic E-state index is 12.3. The Balaban J connectivity index is 1.41. The number of piperazine rings is 1. The second kappa shape index (κ2) is 13.6. The fourth-order valence-corrected chi connectivity index (χ4v) is 4.42. The van der Waals surface area contributed by atoms with E-state index in [4.69, 9.17) is 9.47 Å². The van der Waals surface area contributed by atoms with Crippen LogP contribution in [0.5, 0.6) is 0 Å². The molecule has 29 heavy (non-hydrogen) atoms. The first-order chi connectivity index (χ1) is 14.0. The molecular weight excluding hydrogens is 366 g/mol. The van der Waals surface area contributed by atoms with Gasteiger partial charge in [-0.25, -0.2) is 0 Å². The third-order valence-electron chi connectivity index (χ3n) is 6.84. The van der Waals surface area contributed by atoms with Crippen molar-refractivity contribution in [3.05, 3.63) is 0 Å². The molecule has 0 aromatic carbocycles. The van der Waals surface area contributed by atoms with E-state index in [1.807, 2.05) is 4.90 Å². The molecule has 0 aromatic heterocycles. The molecule has 1 amide bonds. The van der Waals surface area contributed by atoms with Crippen molar-refractivity contribution in [1.29, 1.82) is 0 Å². The van der Waals surface area contributed by atoms with Crippen molar-refractivity contribution in [3.8, 4) is 0 Å². The highest BCUT2D eigenvalue weighted by Crippen LogP contribution is 2.26. The van der Waals surface area contributed by atoms with Gasteiger partial charge in [0.1, 0.15) is 6.61 Å². The third kappa shape index (κ3) is 8.91. The first kappa shape index (κ1) is 24.6. The summed E-state index contributed by atoms with van der Waals surface area (Å²) in [5.74, 6) is 1.68. The fourth-order valence-electron chi connectivity index (χ4n) is 4.42. The second-order valence-electron chi connectivity index (χ2n) is 9.09. The van der Waals surface area contributed by atoms with Gasteiger partial charge in [-0.15, -0.1) is 0 Å². The minimum absolute atomic E-state index is 0.133. The summed E-state index contributed by atoms with van der Waals surface area (Å²) in [6.07, 6.45) is 4.56. The van der Waals surface area contributed by atoms with Crippen molar-refractivity contribution in [1.82, 2.24) is 14.7 Å². The van der Waals surface area contributed by atoms with Gasteiger partial charge in [-0.3, -0.25) is 9.69 Å². The number of nitrogens with zero attached hydrogens (tertiary/aromatic N) is 3. The lowest BCUT2D eigenvalue weighted by Gasteiger charge is -2.36. The molecule has 0 N–H and O–H groups in total. The summed E-state index contributed by atoms with van der Waals surface area (Å²) in [6.45, 7) is 18.7. The Bertz CT molecular complexity index is 445. The lowest BCUT2D eigenvalue weighted by atomic mass is 9.84. The van der Waals surface area contributed by atoms with Crippen molar-refractivity contribution in [2.45, 2.75) is 59.4 Å². The van der Waals surface area contributed by atoms with Crippen LogP contribution in [-0.2, 0) is 14.3 Å². The molecule has 0 radical (unpaired) electrons. The smallest absolute Gasteiger partial charge is 0.248 e. The minimum atomic E-state index is 0.133. The maximum Gasteiger partial charge on any atom is 0.248 e. The van der Waals surface area contributed by atoms with E-state index >= 15 is 0 Å². The van der Waals surface area contributed by atoms with Crippen LogP contribution >= 0.6 is 0 Å². The van der Waals surface area contributed by atoms with Gasteiger partial charge in [0.15, 0.2) is 0 Å². The van der Waals surface area contributed by atoms with Crippen molar-refractivity contribution < 1.29 is 14.3 Å². The van der Waals surface area contributed by atoms with Crippen LogP contribution in [0.4, 0.5) is 0 Å². The van der Waals surface area contributed by atoms with Gasteiger partial charge in [-0.2, -0.15) is 0 Å². The zero-order chi connectivity index (χ0) is 21.1. The maximum absolute atomic E-state index is 12.3. The molecule has 1 unspecified atom stereocenters. The molecule has 1 atom stereocenters. The molecule has 2 heterocycles. The highest BCUT2D eigenvalue weighted by molar-refractivity contribution is 5.77. The normalized spacial score (nSPS) is 21.1. The van der Waals surface area contributed by atoms with Crippen LogP contribution in [0.1, 0.15) is 53.4 Å². The zero-order valence-corrected chi connectivity index (χ0v) is 19.4. The first-order valence-corrected chi connectivity index (χ1v) is 11.9. The number of likely N-dealkylation sites (tertiary alicyclic amines) is 1. The number of amides is 1. The lowest BCUT2D eigenvalue weighted by molar-refractivity contribution is -0.138. The average molecular weight is 412 g/mol. The van der Waals surface area contributed by atoms with E-state index in [9.17, 15) is 4.79 Å². The molecule has 0 bridgehead atoms. The molecule has 2 saturated heterocycles. The fraction of sp³-hybridized carbons (Fsp3) is 0.957. The SMILES string of the molecule is CCC(C)C1CCN(C(=O)COCCOCCCN2CCN(C(C)C)CC2)CC1. The van der Waals surface area contributed by atoms with E-state index in [1.54, 1.807) is 0 Å². The molecular formula is C23H45N3O3. The highest BCUT2D eigenvalue weighted by atomic mass is 16.5. The molecule has 2 aliphatic heterocycles. The summed E-state index contributed by atoms with van der Waals surface area (Å²) >= 11 is 0. The Hall–Kier alpha value is -0.690. The van der Waals surface area contributed by atoms with Crippen LogP contribution in [0.25, 0.3) is 0 Å². The number of rotatable bonds is 12. The van der Waals surface area contributed by atoms with Crippen molar-refractivity contribution in [3.63, 3.8) is 0 Å². The third-order valence-corrected chi connectivity index (χ3v) is 6.84. The van der Waals surface area contributed by atoms with Crippen LogP contribution in [0.15, 0.2) is 0 Å². The first-order valence-electron chi connectivity index (χ1n) is 11.9. The lowest BCUT2D eigenvalue weighted by Crippen LogP contribution is -2.49. The molecule has 6 heteroatoms. The average Bonchev–Trinajstić information content (AvgIpc) is 2.75. The zero-order valence-electron chi connectivity index (χ0n) is 19.4. The Kier molecular flexibility index (Phi) is 11.5. The molecule has 0 aliphatic carbocycles. The van der Waals surface area contributed by atoms with Gasteiger partial charge >= 0.3 is 0 Å². The Labute approximate surface area is 178 Å². The van der Waals surface area contributed by atoms with Gasteiger partial charge in [-0.05, 0) is 44.9 Å². The van der Waals surface area contributed by atoms with E-state index in [0.29, 0.717) is 19.3 Å². The van der Waals surface area contributed by atoms with Crippen LogP contribution in [0, 0.1) is 11.8 Å². The predicted octanol–water partition coefficient (Wildman–Crippen LogP) is 2.72. The number of ether oxygens (including phenoxy) is 2. The van der Waals surface area contributed by atoms with Crippen molar-refractivity contribution in [2.75, 3.05) is 72.2 Å². The number of hydrogen-bond acceptors (Lipinski definition) is 5. The summed E-state index contributed by atoms with van der Waals surface area (Å²) in [4.78, 5) is 19.3. The van der Waals surface area contributed by atoms with Crippen LogP contribution in [0.3, 0.4) is 0 Å². The van der Waals surface area contributed by atoms with Crippen LogP contribution < -0.4 is 0 Å². The van der Waals surface area contributed by atoms with E-state index in [1.165, 1.54) is 19.5 Å². The topological polar surface area (TPSA) is 45.3 Å². The number of hydrogen-bond donors (Lipinski definition) is 0. The largest absolute Gasteiger partial charge is 0.379 e. The standard InChI is InChI=1S/C23H45N3O3/c1-5-21(4)22-7-10-26(11-8-22)23(27)19-29-18-17-28-16-6-9-24-12-14-25(15-13-24)20(2)3/h20-22H,5-19H2,1-4H3. The molecule has 0 spiro atoms. The second-order valence-corrected chi connectivity index (χ2v) is 9.09. The van der Waals surface area contributed by atoms with Crippen LogP contribution in [-0.4, -0.2) is 98.9 Å². The van der Waals surface area contributed by atoms with E-state index in [0.717, 1.165) is 70.4 Å². The Morgan fingerprint density at radius 3 is 2.21 bits per heavy atom. The van der Waals surface area contributed by atoms with Gasteiger partial charge in [0.2, 0.25) is 5.91 Å². The molecule has 0 aromatic rings. The number of carbonyl (C=O) groups is 1. The van der Waals surface area contributed by atoms with E-state index < -0.39 is 0 Å². The Morgan fingerprint density at radius 1 is 0.931 bits per heavy atom. The quantitative estimate of drug-likeness (QED) is 0.462. The van der Waals surface area contributed by atoms with Gasteiger partial charge in [-0.1, -0.05) is 20.3 Å². The number of carbonyl (C=O) groups excluding carboxylic acids is 1. The minimum Gasteiger partial charge on any atom is -0.379 e. The Morgan fingerprint density at radius 2 is 1.59 bits per heavy atom. The number of piperidine rings is 1. The predicted molar refractivity (Wildman–Crippen MR) is 118 cm³/mol. The molecule has 2 fully saturated rings. The highest BCUT2D eigenvalue weighted by Gasteiger charge is 2.25. The van der Waals surface area contributed by atoms with Gasteiger partial charge < -0.3 is 19.3 Å². The van der Waals surface area contributed by atoms with Crippen molar-refractivity contribution in [2.24, 2.45) is 11.8 Å². The van der Waals surface area contributed by atoms with E-state index in [2.05, 4.69) is 37.5 Å². The summed E-state index contributed by atoms with van der Waals surface area (Å²) in [6, 6.07) is 0.656. The van der Waals surface area contributed by atoms with E-state index in [-0.39, 0.29) is 12.5 Å². The summed E-state index contributed by atoms with van der Waals surface area (Å²) in [5, 5.41) is 0. The molecule has 2 rings (SSSR count). The summed E-state index contributed by atoms with van der Waals surface area (Å²) in [5.41, 5.74) is 0.